The monoisotopic (exact) mass is 331 g/mol. The van der Waals surface area contributed by atoms with Crippen molar-refractivity contribution in [2.45, 2.75) is 50.0 Å². The van der Waals surface area contributed by atoms with Gasteiger partial charge in [0.25, 0.3) is 5.91 Å². The van der Waals surface area contributed by atoms with Gasteiger partial charge in [0.2, 0.25) is 0 Å². The highest BCUT2D eigenvalue weighted by atomic mass is 16.5. The Morgan fingerprint density at radius 3 is 2.58 bits per heavy atom. The van der Waals surface area contributed by atoms with Crippen molar-refractivity contribution in [2.24, 2.45) is 5.92 Å². The summed E-state index contributed by atoms with van der Waals surface area (Å²) in [6, 6.07) is 10.4. The number of rotatable bonds is 4. The lowest BCUT2D eigenvalue weighted by atomic mass is 9.79. The van der Waals surface area contributed by atoms with Gasteiger partial charge in [-0.15, -0.1) is 0 Å². The van der Waals surface area contributed by atoms with Crippen LogP contribution in [0, 0.1) is 5.92 Å². The van der Waals surface area contributed by atoms with Gasteiger partial charge < -0.3 is 14.7 Å². The van der Waals surface area contributed by atoms with E-state index < -0.39 is 5.60 Å². The summed E-state index contributed by atoms with van der Waals surface area (Å²) in [5, 5.41) is 9.88. The molecular formula is C20H29NO3. The zero-order valence-electron chi connectivity index (χ0n) is 14.6. The molecule has 24 heavy (non-hydrogen) atoms. The third-order valence-electron chi connectivity index (χ3n) is 5.93. The average molecular weight is 331 g/mol. The van der Waals surface area contributed by atoms with Gasteiger partial charge in [0.1, 0.15) is 5.60 Å². The molecule has 0 radical (unpaired) electrons. The average Bonchev–Trinajstić information content (AvgIpc) is 2.68. The minimum atomic E-state index is -0.627. The molecule has 0 spiro atoms. The smallest absolute Gasteiger partial charge is 0.254 e. The number of amides is 1. The summed E-state index contributed by atoms with van der Waals surface area (Å²) in [6.07, 6.45) is 5.86. The van der Waals surface area contributed by atoms with Crippen molar-refractivity contribution in [2.75, 3.05) is 26.8 Å². The van der Waals surface area contributed by atoms with Crippen molar-refractivity contribution in [3.05, 3.63) is 35.9 Å². The van der Waals surface area contributed by atoms with Crippen LogP contribution in [0.4, 0.5) is 0 Å². The van der Waals surface area contributed by atoms with Crippen LogP contribution in [0.3, 0.4) is 0 Å². The Labute approximate surface area is 144 Å². The summed E-state index contributed by atoms with van der Waals surface area (Å²) in [7, 11) is 1.67. The molecule has 3 rings (SSSR count). The Morgan fingerprint density at radius 2 is 1.96 bits per heavy atom. The topological polar surface area (TPSA) is 49.8 Å². The lowest BCUT2D eigenvalue weighted by molar-refractivity contribution is -0.161. The summed E-state index contributed by atoms with van der Waals surface area (Å²) >= 11 is 0. The summed E-state index contributed by atoms with van der Waals surface area (Å²) in [5.74, 6) is 0.558. The summed E-state index contributed by atoms with van der Waals surface area (Å²) in [5.41, 5.74) is 0.639. The maximum Gasteiger partial charge on any atom is 0.254 e. The molecule has 4 heteroatoms. The molecule has 132 valence electrons. The quantitative estimate of drug-likeness (QED) is 0.923. The molecule has 1 heterocycles. The summed E-state index contributed by atoms with van der Waals surface area (Å²) in [4.78, 5) is 15.1. The molecule has 2 atom stereocenters. The molecule has 1 N–H and O–H groups in total. The number of likely N-dealkylation sites (tertiary alicyclic amines) is 1. The normalized spacial score (nSPS) is 27.0. The number of hydrogen-bond donors (Lipinski definition) is 1. The number of aliphatic hydroxyl groups is 1. The Bertz CT molecular complexity index is 539. The van der Waals surface area contributed by atoms with Crippen molar-refractivity contribution in [3.8, 4) is 0 Å². The predicted octanol–water partition coefficient (Wildman–Crippen LogP) is 2.96. The fourth-order valence-corrected chi connectivity index (χ4v) is 4.46. The van der Waals surface area contributed by atoms with Gasteiger partial charge in [-0.1, -0.05) is 49.6 Å². The highest BCUT2D eigenvalue weighted by molar-refractivity contribution is 5.85. The van der Waals surface area contributed by atoms with Crippen molar-refractivity contribution in [1.29, 1.82) is 0 Å². The molecule has 1 aliphatic carbocycles. The molecule has 1 saturated heterocycles. The van der Waals surface area contributed by atoms with Gasteiger partial charge in [0.15, 0.2) is 0 Å². The number of nitrogens with zero attached hydrogens (tertiary/aromatic N) is 1. The van der Waals surface area contributed by atoms with Crippen LogP contribution in [0.15, 0.2) is 30.3 Å². The van der Waals surface area contributed by atoms with Gasteiger partial charge in [0.05, 0.1) is 0 Å². The molecule has 0 aromatic heterocycles. The highest BCUT2D eigenvalue weighted by Crippen LogP contribution is 2.37. The van der Waals surface area contributed by atoms with Crippen LogP contribution in [0.2, 0.25) is 0 Å². The molecular weight excluding hydrogens is 302 g/mol. The molecule has 0 bridgehead atoms. The second-order valence-electron chi connectivity index (χ2n) is 7.26. The van der Waals surface area contributed by atoms with E-state index >= 15 is 0 Å². The molecule has 1 aliphatic heterocycles. The number of benzene rings is 1. The van der Waals surface area contributed by atoms with Crippen LogP contribution >= 0.6 is 0 Å². The Hall–Kier alpha value is -1.39. The SMILES string of the molecule is COC1(C(=O)N2CC[C@@H](c3ccccc3)[C@@H](CO)C2)CCCCC1. The van der Waals surface area contributed by atoms with Gasteiger partial charge in [-0.3, -0.25) is 4.79 Å². The van der Waals surface area contributed by atoms with Gasteiger partial charge in [0, 0.05) is 32.7 Å². The first-order chi connectivity index (χ1) is 11.7. The van der Waals surface area contributed by atoms with Crippen LogP contribution in [-0.4, -0.2) is 48.3 Å². The molecule has 1 amide bonds. The van der Waals surface area contributed by atoms with Crippen molar-refractivity contribution in [1.82, 2.24) is 4.90 Å². The zero-order valence-corrected chi connectivity index (χ0v) is 14.6. The maximum absolute atomic E-state index is 13.1. The molecule has 2 aliphatic rings. The molecule has 0 unspecified atom stereocenters. The molecule has 1 aromatic rings. The number of methoxy groups -OCH3 is 1. The van der Waals surface area contributed by atoms with Crippen LogP contribution in [0.1, 0.15) is 50.0 Å². The van der Waals surface area contributed by atoms with Crippen LogP contribution in [0.25, 0.3) is 0 Å². The number of ether oxygens (including phenoxy) is 1. The molecule has 4 nitrogen and oxygen atoms in total. The van der Waals surface area contributed by atoms with E-state index in [0.29, 0.717) is 12.5 Å². The Kier molecular flexibility index (Phi) is 5.57. The maximum atomic E-state index is 13.1. The fourth-order valence-electron chi connectivity index (χ4n) is 4.46. The number of carbonyl (C=O) groups is 1. The fraction of sp³-hybridized carbons (Fsp3) is 0.650. The van der Waals surface area contributed by atoms with Crippen molar-refractivity contribution >= 4 is 5.91 Å². The highest BCUT2D eigenvalue weighted by Gasteiger charge is 2.44. The summed E-state index contributed by atoms with van der Waals surface area (Å²) in [6.45, 7) is 1.49. The first kappa shape index (κ1) is 17.4. The standard InChI is InChI=1S/C20H29NO3/c1-24-20(11-6-3-7-12-20)19(23)21-13-10-18(17(14-21)15-22)16-8-4-2-5-9-16/h2,4-5,8-9,17-18,22H,3,6-7,10-15H2,1H3/t17-,18+/m1/s1. The third-order valence-corrected chi connectivity index (χ3v) is 5.93. The Morgan fingerprint density at radius 1 is 1.25 bits per heavy atom. The van der Waals surface area contributed by atoms with Crippen LogP contribution in [-0.2, 0) is 9.53 Å². The molecule has 1 aromatic carbocycles. The Balaban J connectivity index is 1.72. The third kappa shape index (κ3) is 3.35. The van der Waals surface area contributed by atoms with E-state index in [2.05, 4.69) is 12.1 Å². The van der Waals surface area contributed by atoms with Crippen LogP contribution in [0.5, 0.6) is 0 Å². The van der Waals surface area contributed by atoms with Crippen molar-refractivity contribution < 1.29 is 14.6 Å². The lowest BCUT2D eigenvalue weighted by Crippen LogP contribution is -2.55. The van der Waals surface area contributed by atoms with E-state index in [1.807, 2.05) is 23.1 Å². The first-order valence-electron chi connectivity index (χ1n) is 9.20. The largest absolute Gasteiger partial charge is 0.396 e. The van der Waals surface area contributed by atoms with Gasteiger partial charge in [-0.2, -0.15) is 0 Å². The van der Waals surface area contributed by atoms with Gasteiger partial charge >= 0.3 is 0 Å². The molecule has 1 saturated carbocycles. The van der Waals surface area contributed by atoms with E-state index in [-0.39, 0.29) is 18.4 Å². The second-order valence-corrected chi connectivity index (χ2v) is 7.26. The zero-order chi connectivity index (χ0) is 17.0. The van der Waals surface area contributed by atoms with E-state index in [4.69, 9.17) is 4.74 Å². The summed E-state index contributed by atoms with van der Waals surface area (Å²) < 4.78 is 5.72. The van der Waals surface area contributed by atoms with E-state index in [9.17, 15) is 9.90 Å². The van der Waals surface area contributed by atoms with Gasteiger partial charge in [-0.05, 0) is 30.7 Å². The number of aliphatic hydroxyl groups excluding tert-OH is 1. The number of hydrogen-bond acceptors (Lipinski definition) is 3. The first-order valence-corrected chi connectivity index (χ1v) is 9.20. The minimum absolute atomic E-state index is 0.0996. The molecule has 2 fully saturated rings. The van der Waals surface area contributed by atoms with E-state index in [1.165, 1.54) is 12.0 Å². The number of piperidine rings is 1. The van der Waals surface area contributed by atoms with E-state index in [0.717, 1.165) is 38.6 Å². The minimum Gasteiger partial charge on any atom is -0.396 e. The van der Waals surface area contributed by atoms with Crippen LogP contribution < -0.4 is 0 Å². The lowest BCUT2D eigenvalue weighted by Gasteiger charge is -2.43. The number of carbonyl (C=O) groups excluding carboxylic acids is 1. The predicted molar refractivity (Wildman–Crippen MR) is 93.8 cm³/mol. The van der Waals surface area contributed by atoms with Gasteiger partial charge in [-0.25, -0.2) is 0 Å². The van der Waals surface area contributed by atoms with Crippen molar-refractivity contribution in [3.63, 3.8) is 0 Å². The van der Waals surface area contributed by atoms with E-state index in [1.54, 1.807) is 7.11 Å². The second kappa shape index (κ2) is 7.66.